The van der Waals surface area contributed by atoms with Gasteiger partial charge in [-0.05, 0) is 48.1 Å². The van der Waals surface area contributed by atoms with Gasteiger partial charge in [0.1, 0.15) is 5.76 Å². The van der Waals surface area contributed by atoms with Crippen LogP contribution in [0.15, 0.2) is 52.5 Å². The van der Waals surface area contributed by atoms with Gasteiger partial charge in [0, 0.05) is 16.6 Å². The van der Waals surface area contributed by atoms with E-state index >= 15 is 0 Å². The second-order valence-electron chi connectivity index (χ2n) is 8.13. The Morgan fingerprint density at radius 1 is 1.13 bits per heavy atom. The third kappa shape index (κ3) is 4.22. The Morgan fingerprint density at radius 2 is 1.80 bits per heavy atom. The van der Waals surface area contributed by atoms with Crippen LogP contribution in [0.3, 0.4) is 0 Å². The van der Waals surface area contributed by atoms with Crippen molar-refractivity contribution in [2.24, 2.45) is 0 Å². The molecule has 5 heteroatoms. The summed E-state index contributed by atoms with van der Waals surface area (Å²) in [4.78, 5) is 27.5. The molecule has 4 nitrogen and oxygen atoms in total. The fraction of sp³-hybridized carbons (Fsp3) is 0.360. The minimum Gasteiger partial charge on any atom is -0.507 e. The number of ketones is 1. The van der Waals surface area contributed by atoms with Crippen LogP contribution in [-0.2, 0) is 9.59 Å². The maximum Gasteiger partial charge on any atom is 0.295 e. The molecule has 0 bridgehead atoms. The molecule has 2 aromatic carbocycles. The number of benzene rings is 2. The molecule has 1 fully saturated rings. The van der Waals surface area contributed by atoms with Crippen LogP contribution in [0.1, 0.15) is 67.8 Å². The minimum absolute atomic E-state index is 0.124. The first-order chi connectivity index (χ1) is 14.3. The Morgan fingerprint density at radius 3 is 2.37 bits per heavy atom. The summed E-state index contributed by atoms with van der Waals surface area (Å²) in [7, 11) is 0. The van der Waals surface area contributed by atoms with E-state index in [1.54, 1.807) is 11.0 Å². The fourth-order valence-electron chi connectivity index (χ4n) is 3.80. The quantitative estimate of drug-likeness (QED) is 0.315. The van der Waals surface area contributed by atoms with Crippen molar-refractivity contribution in [1.29, 1.82) is 0 Å². The van der Waals surface area contributed by atoms with Crippen LogP contribution in [0, 0.1) is 6.92 Å². The Labute approximate surface area is 186 Å². The number of aliphatic hydroxyl groups is 1. The summed E-state index contributed by atoms with van der Waals surface area (Å²) in [6, 6.07) is 12.8. The van der Waals surface area contributed by atoms with E-state index in [4.69, 9.17) is 0 Å². The third-order valence-corrected chi connectivity index (χ3v) is 6.53. The average molecular weight is 470 g/mol. The molecule has 1 amide bonds. The van der Waals surface area contributed by atoms with Gasteiger partial charge in [0.2, 0.25) is 0 Å². The minimum atomic E-state index is -0.623. The van der Waals surface area contributed by atoms with Gasteiger partial charge in [0.05, 0.1) is 11.6 Å². The number of aryl methyl sites for hydroxylation is 1. The number of hydrogen-bond donors (Lipinski definition) is 1. The molecular formula is C25H28BrNO3. The Hall–Kier alpha value is -2.40. The van der Waals surface area contributed by atoms with Crippen LogP contribution in [0.5, 0.6) is 0 Å². The van der Waals surface area contributed by atoms with E-state index in [0.717, 1.165) is 28.4 Å². The molecule has 0 radical (unpaired) electrons. The van der Waals surface area contributed by atoms with E-state index in [-0.39, 0.29) is 11.3 Å². The van der Waals surface area contributed by atoms with Gasteiger partial charge in [0.25, 0.3) is 11.7 Å². The zero-order valence-electron chi connectivity index (χ0n) is 17.9. The fourth-order valence-corrected chi connectivity index (χ4v) is 4.04. The van der Waals surface area contributed by atoms with Crippen molar-refractivity contribution in [3.63, 3.8) is 0 Å². The van der Waals surface area contributed by atoms with Crippen LogP contribution in [0.25, 0.3) is 5.76 Å². The number of amides is 1. The molecule has 1 unspecified atom stereocenters. The molecule has 158 valence electrons. The summed E-state index contributed by atoms with van der Waals surface area (Å²) >= 11 is 3.46. The first-order valence-electron chi connectivity index (χ1n) is 10.4. The predicted octanol–water partition coefficient (Wildman–Crippen LogP) is 6.10. The van der Waals surface area contributed by atoms with Crippen molar-refractivity contribution in [1.82, 2.24) is 4.90 Å². The smallest absolute Gasteiger partial charge is 0.295 e. The number of halogens is 1. The predicted molar refractivity (Wildman–Crippen MR) is 123 cm³/mol. The molecular weight excluding hydrogens is 442 g/mol. The van der Waals surface area contributed by atoms with Crippen LogP contribution in [-0.4, -0.2) is 28.2 Å². The SMILES string of the molecule is CCCCN1C(=O)C(=O)/C(=C(\O)c2ccc(Br)c(C)c2)C1c1ccc(C(C)C)cc1. The number of carbonyl (C=O) groups excluding carboxylic acids is 2. The van der Waals surface area contributed by atoms with Crippen LogP contribution in [0.4, 0.5) is 0 Å². The number of nitrogens with zero attached hydrogens (tertiary/aromatic N) is 1. The summed E-state index contributed by atoms with van der Waals surface area (Å²) in [5.41, 5.74) is 3.66. The van der Waals surface area contributed by atoms with Crippen molar-refractivity contribution in [3.05, 3.63) is 74.8 Å². The normalized spacial score (nSPS) is 18.5. The maximum atomic E-state index is 13.0. The summed E-state index contributed by atoms with van der Waals surface area (Å²) in [6.45, 7) is 8.70. The van der Waals surface area contributed by atoms with Crippen molar-refractivity contribution in [2.45, 2.75) is 52.5 Å². The van der Waals surface area contributed by atoms with Crippen molar-refractivity contribution in [2.75, 3.05) is 6.54 Å². The zero-order chi connectivity index (χ0) is 22.0. The molecule has 0 spiro atoms. The molecule has 1 N–H and O–H groups in total. The highest BCUT2D eigenvalue weighted by Gasteiger charge is 2.45. The van der Waals surface area contributed by atoms with E-state index in [0.29, 0.717) is 18.0 Å². The summed E-state index contributed by atoms with van der Waals surface area (Å²) in [6.07, 6.45) is 1.71. The van der Waals surface area contributed by atoms with Crippen molar-refractivity contribution in [3.8, 4) is 0 Å². The number of likely N-dealkylation sites (tertiary alicyclic amines) is 1. The first kappa shape index (κ1) is 22.3. The summed E-state index contributed by atoms with van der Waals surface area (Å²) in [5, 5.41) is 11.1. The molecule has 1 heterocycles. The average Bonchev–Trinajstić information content (AvgIpc) is 2.98. The molecule has 0 aliphatic carbocycles. The highest BCUT2D eigenvalue weighted by atomic mass is 79.9. The van der Waals surface area contributed by atoms with Crippen LogP contribution < -0.4 is 0 Å². The molecule has 1 aliphatic heterocycles. The largest absolute Gasteiger partial charge is 0.507 e. The zero-order valence-corrected chi connectivity index (χ0v) is 19.5. The van der Waals surface area contributed by atoms with Gasteiger partial charge in [-0.15, -0.1) is 0 Å². The van der Waals surface area contributed by atoms with Crippen molar-refractivity contribution >= 4 is 33.4 Å². The molecule has 1 aliphatic rings. The number of aliphatic hydroxyl groups excluding tert-OH is 1. The number of carbonyl (C=O) groups is 2. The topological polar surface area (TPSA) is 57.6 Å². The van der Waals surface area contributed by atoms with Gasteiger partial charge in [-0.1, -0.05) is 73.5 Å². The van der Waals surface area contributed by atoms with Gasteiger partial charge < -0.3 is 10.0 Å². The molecule has 1 saturated heterocycles. The van der Waals surface area contributed by atoms with Crippen molar-refractivity contribution < 1.29 is 14.7 Å². The van der Waals surface area contributed by atoms with Gasteiger partial charge in [-0.3, -0.25) is 9.59 Å². The lowest BCUT2D eigenvalue weighted by Crippen LogP contribution is -2.30. The lowest BCUT2D eigenvalue weighted by Gasteiger charge is -2.25. The molecule has 3 rings (SSSR count). The molecule has 0 aromatic heterocycles. The highest BCUT2D eigenvalue weighted by Crippen LogP contribution is 2.40. The lowest BCUT2D eigenvalue weighted by atomic mass is 9.93. The molecule has 30 heavy (non-hydrogen) atoms. The standard InChI is InChI=1S/C25H28BrNO3/c1-5-6-13-27-22(18-9-7-17(8-10-18)15(2)3)21(24(29)25(27)30)23(28)19-11-12-20(26)16(4)14-19/h7-12,14-15,22,28H,5-6,13H2,1-4H3/b23-21-. The summed E-state index contributed by atoms with van der Waals surface area (Å²) in [5.74, 6) is -0.906. The van der Waals surface area contributed by atoms with Gasteiger partial charge in [-0.2, -0.15) is 0 Å². The number of Topliss-reactive ketones (excluding diaryl/α,β-unsaturated/α-hetero) is 1. The second kappa shape index (κ2) is 9.17. The Balaban J connectivity index is 2.15. The number of unbranched alkanes of at least 4 members (excludes halogenated alkanes) is 1. The molecule has 1 atom stereocenters. The van der Waals surface area contributed by atoms with E-state index in [2.05, 4.69) is 29.8 Å². The maximum absolute atomic E-state index is 13.0. The van der Waals surface area contributed by atoms with E-state index in [1.165, 1.54) is 5.56 Å². The summed E-state index contributed by atoms with van der Waals surface area (Å²) < 4.78 is 0.920. The van der Waals surface area contributed by atoms with E-state index in [1.807, 2.05) is 50.2 Å². The van der Waals surface area contributed by atoms with E-state index in [9.17, 15) is 14.7 Å². The molecule has 0 saturated carbocycles. The monoisotopic (exact) mass is 469 g/mol. The Kier molecular flexibility index (Phi) is 6.81. The number of rotatable bonds is 6. The highest BCUT2D eigenvalue weighted by molar-refractivity contribution is 9.10. The first-order valence-corrected chi connectivity index (χ1v) is 11.2. The van der Waals surface area contributed by atoms with Gasteiger partial charge >= 0.3 is 0 Å². The van der Waals surface area contributed by atoms with Gasteiger partial charge in [-0.25, -0.2) is 0 Å². The second-order valence-corrected chi connectivity index (χ2v) is 8.99. The third-order valence-electron chi connectivity index (χ3n) is 5.64. The van der Waals surface area contributed by atoms with Gasteiger partial charge in [0.15, 0.2) is 0 Å². The Bertz CT molecular complexity index is 992. The van der Waals surface area contributed by atoms with Crippen LogP contribution >= 0.6 is 15.9 Å². The lowest BCUT2D eigenvalue weighted by molar-refractivity contribution is -0.139. The molecule has 2 aromatic rings. The van der Waals surface area contributed by atoms with E-state index < -0.39 is 17.7 Å². The van der Waals surface area contributed by atoms with Crippen LogP contribution in [0.2, 0.25) is 0 Å². The number of hydrogen-bond acceptors (Lipinski definition) is 3.